The zero-order valence-corrected chi connectivity index (χ0v) is 8.20. The van der Waals surface area contributed by atoms with Gasteiger partial charge in [0.2, 0.25) is 0 Å². The van der Waals surface area contributed by atoms with Crippen molar-refractivity contribution in [2.45, 2.75) is 25.1 Å². The molecule has 0 radical (unpaired) electrons. The molecule has 1 N–H and O–H groups in total. The maximum Gasteiger partial charge on any atom is 0.471 e. The van der Waals surface area contributed by atoms with Crippen LogP contribution in [-0.2, 0) is 9.59 Å². The molecule has 0 aliphatic carbocycles. The lowest BCUT2D eigenvalue weighted by Gasteiger charge is -2.22. The number of halogens is 3. The first-order valence-electron chi connectivity index (χ1n) is 4.61. The Balaban J connectivity index is 2.73. The van der Waals surface area contributed by atoms with E-state index in [1.165, 1.54) is 0 Å². The van der Waals surface area contributed by atoms with Crippen molar-refractivity contribution in [1.82, 2.24) is 4.90 Å². The molecule has 1 heterocycles. The van der Waals surface area contributed by atoms with Crippen LogP contribution in [0.2, 0.25) is 0 Å². The Hall–Kier alpha value is -1.53. The van der Waals surface area contributed by atoms with Gasteiger partial charge in [-0.3, -0.25) is 4.79 Å². The molecule has 0 spiro atoms. The fourth-order valence-electron chi connectivity index (χ4n) is 1.60. The quantitative estimate of drug-likeness (QED) is 0.733. The van der Waals surface area contributed by atoms with Crippen LogP contribution < -0.4 is 0 Å². The number of carboxylic acid groups (broad SMARTS) is 1. The Morgan fingerprint density at radius 3 is 2.50 bits per heavy atom. The second kappa shape index (κ2) is 4.54. The number of rotatable bonds is 2. The molecule has 0 bridgehead atoms. The highest BCUT2D eigenvalue weighted by Gasteiger charge is 2.45. The largest absolute Gasteiger partial charge is 0.478 e. The van der Waals surface area contributed by atoms with E-state index < -0.39 is 24.1 Å². The standard InChI is InChI=1S/C9H10F3NO3/c10-9(11,12)8(16)13-5-1-2-6(13)3-4-7(14)15/h3-4,6H,1-2,5H2,(H,14,15)/b4-3+. The van der Waals surface area contributed by atoms with Crippen molar-refractivity contribution in [2.75, 3.05) is 6.54 Å². The van der Waals surface area contributed by atoms with Crippen molar-refractivity contribution in [2.24, 2.45) is 0 Å². The molecule has 0 aromatic carbocycles. The molecule has 0 saturated carbocycles. The average molecular weight is 237 g/mol. The molecule has 1 amide bonds. The van der Waals surface area contributed by atoms with E-state index in [0.29, 0.717) is 17.7 Å². The zero-order valence-electron chi connectivity index (χ0n) is 8.20. The van der Waals surface area contributed by atoms with E-state index in [0.717, 1.165) is 12.2 Å². The number of likely N-dealkylation sites (tertiary alicyclic amines) is 1. The summed E-state index contributed by atoms with van der Waals surface area (Å²) in [6.45, 7) is 0.00691. The Bertz CT molecular complexity index is 324. The number of carbonyl (C=O) groups is 2. The molecule has 16 heavy (non-hydrogen) atoms. The summed E-state index contributed by atoms with van der Waals surface area (Å²) >= 11 is 0. The Kier molecular flexibility index (Phi) is 3.56. The van der Waals surface area contributed by atoms with Crippen molar-refractivity contribution < 1.29 is 27.9 Å². The number of nitrogens with zero attached hydrogens (tertiary/aromatic N) is 1. The lowest BCUT2D eigenvalue weighted by molar-refractivity contribution is -0.185. The minimum Gasteiger partial charge on any atom is -0.478 e. The Labute approximate surface area is 89.3 Å². The minimum absolute atomic E-state index is 0.00691. The molecular formula is C9H10F3NO3. The predicted molar refractivity (Wildman–Crippen MR) is 47.6 cm³/mol. The van der Waals surface area contributed by atoms with Gasteiger partial charge in [0.05, 0.1) is 6.04 Å². The topological polar surface area (TPSA) is 57.6 Å². The summed E-state index contributed by atoms with van der Waals surface area (Å²) < 4.78 is 36.4. The van der Waals surface area contributed by atoms with E-state index >= 15 is 0 Å². The van der Waals surface area contributed by atoms with Crippen molar-refractivity contribution >= 4 is 11.9 Å². The summed E-state index contributed by atoms with van der Waals surface area (Å²) in [6.07, 6.45) is -2.24. The number of alkyl halides is 3. The Morgan fingerprint density at radius 1 is 1.38 bits per heavy atom. The number of aliphatic carboxylic acids is 1. The van der Waals surface area contributed by atoms with E-state index in [-0.39, 0.29) is 6.54 Å². The van der Waals surface area contributed by atoms with E-state index in [9.17, 15) is 22.8 Å². The molecule has 1 fully saturated rings. The van der Waals surface area contributed by atoms with Crippen molar-refractivity contribution in [1.29, 1.82) is 0 Å². The predicted octanol–water partition coefficient (Wildman–Crippen LogP) is 1.18. The van der Waals surface area contributed by atoms with Gasteiger partial charge < -0.3 is 10.0 Å². The Morgan fingerprint density at radius 2 is 2.00 bits per heavy atom. The van der Waals surface area contributed by atoms with Gasteiger partial charge in [-0.15, -0.1) is 0 Å². The first kappa shape index (κ1) is 12.5. The van der Waals surface area contributed by atoms with E-state index in [2.05, 4.69) is 0 Å². The van der Waals surface area contributed by atoms with Gasteiger partial charge in [0.25, 0.3) is 0 Å². The number of carboxylic acids is 1. The number of hydrogen-bond acceptors (Lipinski definition) is 2. The van der Waals surface area contributed by atoms with Crippen LogP contribution in [0.25, 0.3) is 0 Å². The number of hydrogen-bond donors (Lipinski definition) is 1. The first-order valence-corrected chi connectivity index (χ1v) is 4.61. The smallest absolute Gasteiger partial charge is 0.471 e. The van der Waals surface area contributed by atoms with Crippen molar-refractivity contribution in [3.05, 3.63) is 12.2 Å². The molecule has 4 nitrogen and oxygen atoms in total. The van der Waals surface area contributed by atoms with Gasteiger partial charge in [0.1, 0.15) is 0 Å². The summed E-state index contributed by atoms with van der Waals surface area (Å²) in [5, 5.41) is 8.35. The lowest BCUT2D eigenvalue weighted by atomic mass is 10.2. The minimum atomic E-state index is -4.90. The van der Waals surface area contributed by atoms with E-state index in [4.69, 9.17) is 5.11 Å². The average Bonchev–Trinajstić information content (AvgIpc) is 2.59. The summed E-state index contributed by atoms with van der Waals surface area (Å²) in [5.74, 6) is -3.16. The van der Waals surface area contributed by atoms with Crippen molar-refractivity contribution in [3.8, 4) is 0 Å². The van der Waals surface area contributed by atoms with Crippen LogP contribution in [0.3, 0.4) is 0 Å². The highest BCUT2D eigenvalue weighted by molar-refractivity contribution is 5.83. The summed E-state index contributed by atoms with van der Waals surface area (Å²) in [6, 6.07) is -0.773. The van der Waals surface area contributed by atoms with Gasteiger partial charge in [0.15, 0.2) is 0 Å². The molecule has 0 aromatic heterocycles. The van der Waals surface area contributed by atoms with Gasteiger partial charge >= 0.3 is 18.1 Å². The summed E-state index contributed by atoms with van der Waals surface area (Å²) in [4.78, 5) is 21.8. The first-order chi connectivity index (χ1) is 7.32. The monoisotopic (exact) mass is 237 g/mol. The summed E-state index contributed by atoms with van der Waals surface area (Å²) in [7, 11) is 0. The van der Waals surface area contributed by atoms with Crippen molar-refractivity contribution in [3.63, 3.8) is 0 Å². The third-order valence-corrected chi connectivity index (χ3v) is 2.26. The van der Waals surface area contributed by atoms with Crippen LogP contribution >= 0.6 is 0 Å². The molecule has 1 rings (SSSR count). The zero-order chi connectivity index (χ0) is 12.3. The molecule has 7 heteroatoms. The van der Waals surface area contributed by atoms with E-state index in [1.807, 2.05) is 0 Å². The molecule has 1 atom stereocenters. The fraction of sp³-hybridized carbons (Fsp3) is 0.556. The number of amides is 1. The lowest BCUT2D eigenvalue weighted by Crippen LogP contribution is -2.43. The normalized spacial score (nSPS) is 21.7. The maximum atomic E-state index is 12.1. The van der Waals surface area contributed by atoms with Crippen LogP contribution in [-0.4, -0.2) is 40.6 Å². The second-order valence-corrected chi connectivity index (χ2v) is 3.40. The molecule has 1 aliphatic heterocycles. The molecular weight excluding hydrogens is 227 g/mol. The van der Waals surface area contributed by atoms with Crippen LogP contribution in [0, 0.1) is 0 Å². The molecule has 0 aromatic rings. The van der Waals surface area contributed by atoms with E-state index in [1.54, 1.807) is 0 Å². The highest BCUT2D eigenvalue weighted by Crippen LogP contribution is 2.26. The van der Waals surface area contributed by atoms with Gasteiger partial charge in [-0.05, 0) is 12.8 Å². The van der Waals surface area contributed by atoms with Gasteiger partial charge in [-0.1, -0.05) is 6.08 Å². The van der Waals surface area contributed by atoms with Gasteiger partial charge in [0, 0.05) is 12.6 Å². The summed E-state index contributed by atoms with van der Waals surface area (Å²) in [5.41, 5.74) is 0. The van der Waals surface area contributed by atoms with Crippen LogP contribution in [0.4, 0.5) is 13.2 Å². The third-order valence-electron chi connectivity index (χ3n) is 2.26. The molecule has 90 valence electrons. The van der Waals surface area contributed by atoms with Gasteiger partial charge in [-0.25, -0.2) is 4.79 Å². The molecule has 1 unspecified atom stereocenters. The fourth-order valence-corrected chi connectivity index (χ4v) is 1.60. The van der Waals surface area contributed by atoms with Crippen LogP contribution in [0.15, 0.2) is 12.2 Å². The van der Waals surface area contributed by atoms with Crippen LogP contribution in [0.5, 0.6) is 0 Å². The maximum absolute atomic E-state index is 12.1. The number of carbonyl (C=O) groups excluding carboxylic acids is 1. The molecule has 1 saturated heterocycles. The second-order valence-electron chi connectivity index (χ2n) is 3.40. The third kappa shape index (κ3) is 2.98. The van der Waals surface area contributed by atoms with Crippen LogP contribution in [0.1, 0.15) is 12.8 Å². The van der Waals surface area contributed by atoms with Gasteiger partial charge in [-0.2, -0.15) is 13.2 Å². The highest BCUT2D eigenvalue weighted by atomic mass is 19.4. The molecule has 1 aliphatic rings. The SMILES string of the molecule is O=C(O)/C=C/C1CCCN1C(=O)C(F)(F)F.